The number of hydrogen-bond donors (Lipinski definition) is 1. The zero-order valence-corrected chi connectivity index (χ0v) is 38.0. The topological polar surface area (TPSA) is 45.1 Å². The maximum Gasteiger partial charge on any atom is 0.240 e. The van der Waals surface area contributed by atoms with Crippen molar-refractivity contribution < 1.29 is 9.37 Å². The Morgan fingerprint density at radius 3 is 2.23 bits per heavy atom. The summed E-state index contributed by atoms with van der Waals surface area (Å²) in [6.45, 7) is 20.5. The summed E-state index contributed by atoms with van der Waals surface area (Å²) < 4.78 is 2.59. The molecule has 1 N–H and O–H groups in total. The molecule has 1 aliphatic carbocycles. The summed E-state index contributed by atoms with van der Waals surface area (Å²) in [5.74, 6) is 0.129. The van der Waals surface area contributed by atoms with Gasteiger partial charge in [-0.2, -0.15) is 4.58 Å². The van der Waals surface area contributed by atoms with E-state index in [-0.39, 0.29) is 16.7 Å². The number of nitrogens with one attached hydrogen (secondary N) is 1. The Morgan fingerprint density at radius 1 is 0.800 bits per heavy atom. The molecule has 3 aromatic carbocycles. The molecule has 1 saturated heterocycles. The lowest BCUT2D eigenvalue weighted by atomic mass is 9.81. The standard InChI is InChI=1S/C53H70N6O/c1-9-11-17-34-59-47-24-16-14-22-45(47)53(5,6)49(59)32-26-41-20-18-19-40(25-31-48-52(3,4)44-21-13-15-23-46(44)58(48)33-12-10-2)51(41)54-42-27-29-43(30-28-42)56(8)50(60)39-57-37-35-55(7)36-38-57/h13-16,21-32H,9-12,17-20,33-39H2,1-8H3/p+1/b40-25+,48-31+. The molecule has 0 spiro atoms. The van der Waals surface area contributed by atoms with Crippen LogP contribution in [0.3, 0.4) is 0 Å². The second-order valence-corrected chi connectivity index (χ2v) is 18.6. The van der Waals surface area contributed by atoms with E-state index in [1.54, 1.807) is 0 Å². The largest absolute Gasteiger partial charge is 0.355 e. The smallest absolute Gasteiger partial charge is 0.240 e. The minimum atomic E-state index is -0.0974. The summed E-state index contributed by atoms with van der Waals surface area (Å²) in [6.07, 6.45) is 18.7. The molecule has 0 saturated carbocycles. The number of rotatable bonds is 15. The molecule has 3 aromatic rings. The Balaban J connectivity index is 1.24. The zero-order chi connectivity index (χ0) is 42.4. The molecule has 60 heavy (non-hydrogen) atoms. The highest BCUT2D eigenvalue weighted by molar-refractivity contribution is 6.03. The molecular formula is C53H71N6O+. The van der Waals surface area contributed by atoms with E-state index >= 15 is 0 Å². The quantitative estimate of drug-likeness (QED) is 0.122. The molecule has 3 heterocycles. The van der Waals surface area contributed by atoms with Gasteiger partial charge in [-0.15, -0.1) is 0 Å². The molecule has 0 radical (unpaired) electrons. The van der Waals surface area contributed by atoms with Gasteiger partial charge in [-0.05, 0) is 106 Å². The summed E-state index contributed by atoms with van der Waals surface area (Å²) in [5.41, 5.74) is 13.8. The molecule has 0 bridgehead atoms. The van der Waals surface area contributed by atoms with Crippen molar-refractivity contribution in [3.05, 3.63) is 131 Å². The molecule has 318 valence electrons. The Kier molecular flexibility index (Phi) is 13.7. The van der Waals surface area contributed by atoms with Gasteiger partial charge in [0, 0.05) is 97.8 Å². The predicted octanol–water partition coefficient (Wildman–Crippen LogP) is 11.0. The van der Waals surface area contributed by atoms with Crippen LogP contribution in [0.2, 0.25) is 0 Å². The van der Waals surface area contributed by atoms with Crippen molar-refractivity contribution >= 4 is 34.4 Å². The summed E-state index contributed by atoms with van der Waals surface area (Å²) in [5, 5.41) is 3.95. The van der Waals surface area contributed by atoms with E-state index in [0.717, 1.165) is 82.7 Å². The van der Waals surface area contributed by atoms with Crippen LogP contribution in [0.1, 0.15) is 104 Å². The second-order valence-electron chi connectivity index (χ2n) is 18.6. The molecule has 1 amide bonds. The lowest BCUT2D eigenvalue weighted by Gasteiger charge is -2.32. The van der Waals surface area contributed by atoms with Gasteiger partial charge >= 0.3 is 0 Å². The molecule has 7 rings (SSSR count). The molecular weight excluding hydrogens is 737 g/mol. The van der Waals surface area contributed by atoms with Crippen LogP contribution in [-0.4, -0.2) is 85.9 Å². The third-order valence-corrected chi connectivity index (χ3v) is 13.6. The maximum absolute atomic E-state index is 13.4. The van der Waals surface area contributed by atoms with Crippen molar-refractivity contribution in [3.8, 4) is 0 Å². The third-order valence-electron chi connectivity index (χ3n) is 13.6. The second kappa shape index (κ2) is 18.9. The highest BCUT2D eigenvalue weighted by atomic mass is 16.2. The summed E-state index contributed by atoms with van der Waals surface area (Å²) in [7, 11) is 4.05. The van der Waals surface area contributed by atoms with Crippen LogP contribution in [0.25, 0.3) is 0 Å². The molecule has 1 fully saturated rings. The number of hydrogen-bond acceptors (Lipinski definition) is 5. The third kappa shape index (κ3) is 9.13. The first-order chi connectivity index (χ1) is 28.9. The summed E-state index contributed by atoms with van der Waals surface area (Å²) in [4.78, 5) is 22.3. The van der Waals surface area contributed by atoms with Gasteiger partial charge in [0.05, 0.1) is 12.0 Å². The van der Waals surface area contributed by atoms with Crippen molar-refractivity contribution in [2.75, 3.05) is 75.0 Å². The van der Waals surface area contributed by atoms with E-state index in [1.807, 2.05) is 11.9 Å². The summed E-state index contributed by atoms with van der Waals surface area (Å²) in [6, 6.07) is 26.4. The van der Waals surface area contributed by atoms with Crippen LogP contribution >= 0.6 is 0 Å². The highest BCUT2D eigenvalue weighted by Crippen LogP contribution is 2.48. The average molecular weight is 808 g/mol. The van der Waals surface area contributed by atoms with Crippen molar-refractivity contribution in [1.82, 2.24) is 9.80 Å². The molecule has 0 unspecified atom stereocenters. The van der Waals surface area contributed by atoms with E-state index < -0.39 is 0 Å². The average Bonchev–Trinajstić information content (AvgIpc) is 3.60. The van der Waals surface area contributed by atoms with Crippen LogP contribution < -0.4 is 15.1 Å². The van der Waals surface area contributed by atoms with Gasteiger partial charge in [0.2, 0.25) is 11.6 Å². The number of fused-ring (bicyclic) bond motifs is 2. The fourth-order valence-corrected chi connectivity index (χ4v) is 9.74. The van der Waals surface area contributed by atoms with E-state index in [4.69, 9.17) is 0 Å². The highest BCUT2D eigenvalue weighted by Gasteiger charge is 2.44. The normalized spacial score (nSPS) is 20.4. The summed E-state index contributed by atoms with van der Waals surface area (Å²) >= 11 is 0. The number of unbranched alkanes of at least 4 members (excludes halogenated alkanes) is 3. The molecule has 3 aliphatic heterocycles. The van der Waals surface area contributed by atoms with Crippen molar-refractivity contribution in [1.29, 1.82) is 0 Å². The number of benzene rings is 3. The number of carbonyl (C=O) groups is 1. The molecule has 7 heteroatoms. The Hall–Kier alpha value is -4.72. The van der Waals surface area contributed by atoms with Crippen LogP contribution in [0.15, 0.2) is 120 Å². The number of carbonyl (C=O) groups excluding carboxylic acids is 1. The minimum absolute atomic E-state index is 0.0965. The van der Waals surface area contributed by atoms with Crippen molar-refractivity contribution in [3.63, 3.8) is 0 Å². The number of piperazine rings is 1. The number of para-hydroxylation sites is 2. The number of likely N-dealkylation sites (N-methyl/N-ethyl adjacent to an activating group) is 2. The van der Waals surface area contributed by atoms with E-state index in [2.05, 4.69) is 170 Å². The lowest BCUT2D eigenvalue weighted by Crippen LogP contribution is -2.48. The molecule has 7 nitrogen and oxygen atoms in total. The van der Waals surface area contributed by atoms with E-state index in [1.165, 1.54) is 70.0 Å². The number of nitrogens with zero attached hydrogens (tertiary/aromatic N) is 5. The molecule has 0 atom stereocenters. The van der Waals surface area contributed by atoms with E-state index in [9.17, 15) is 4.79 Å². The van der Waals surface area contributed by atoms with E-state index in [0.29, 0.717) is 6.54 Å². The van der Waals surface area contributed by atoms with Crippen LogP contribution in [0.5, 0.6) is 0 Å². The SMILES string of the molecule is CCCCC[N+]1=C(/C=C/C2=C(Nc3ccc(N(C)C(=O)CN4CCN(C)CC4)cc3)C(=C/C=C3/N(CCCC)c4ccccc4C3(C)C)/CCC2)C(C)(C)c2ccccc21. The maximum atomic E-state index is 13.4. The first-order valence-electron chi connectivity index (χ1n) is 22.9. The van der Waals surface area contributed by atoms with Crippen molar-refractivity contribution in [2.45, 2.75) is 104 Å². The van der Waals surface area contributed by atoms with Crippen LogP contribution in [0.4, 0.5) is 22.7 Å². The lowest BCUT2D eigenvalue weighted by molar-refractivity contribution is -0.438. The number of amides is 1. The fourth-order valence-electron chi connectivity index (χ4n) is 9.74. The zero-order valence-electron chi connectivity index (χ0n) is 38.0. The number of allylic oxidation sites excluding steroid dienone is 7. The predicted molar refractivity (Wildman–Crippen MR) is 254 cm³/mol. The molecule has 4 aliphatic rings. The Bertz CT molecular complexity index is 2160. The Labute approximate surface area is 361 Å². The van der Waals surface area contributed by atoms with Gasteiger partial charge in [-0.3, -0.25) is 9.69 Å². The fraction of sp³-hybridized carbons (Fsp3) is 0.472. The number of anilines is 3. The minimum Gasteiger partial charge on any atom is -0.355 e. The van der Waals surface area contributed by atoms with Crippen molar-refractivity contribution in [2.24, 2.45) is 0 Å². The van der Waals surface area contributed by atoms with Crippen LogP contribution in [-0.2, 0) is 15.6 Å². The van der Waals surface area contributed by atoms with Gasteiger partial charge in [0.15, 0.2) is 5.71 Å². The van der Waals surface area contributed by atoms with Crippen LogP contribution in [0, 0.1) is 0 Å². The van der Waals surface area contributed by atoms with Gasteiger partial charge in [0.25, 0.3) is 0 Å². The Morgan fingerprint density at radius 2 is 1.50 bits per heavy atom. The van der Waals surface area contributed by atoms with Gasteiger partial charge < -0.3 is 20.0 Å². The van der Waals surface area contributed by atoms with Gasteiger partial charge in [-0.1, -0.05) is 89.1 Å². The van der Waals surface area contributed by atoms with Gasteiger partial charge in [0.1, 0.15) is 6.54 Å². The first-order valence-corrected chi connectivity index (χ1v) is 22.9. The van der Waals surface area contributed by atoms with Gasteiger partial charge in [-0.25, -0.2) is 0 Å². The first kappa shape index (κ1) is 43.4. The monoisotopic (exact) mass is 808 g/mol. The molecule has 0 aromatic heterocycles.